The van der Waals surface area contributed by atoms with Crippen LogP contribution in [0.1, 0.15) is 29.5 Å². The Morgan fingerprint density at radius 2 is 1.58 bits per heavy atom. The molecule has 2 heterocycles. The lowest BCUT2D eigenvalue weighted by Crippen LogP contribution is -2.51. The Morgan fingerprint density at radius 1 is 0.917 bits per heavy atom. The fourth-order valence-electron chi connectivity index (χ4n) is 4.07. The van der Waals surface area contributed by atoms with E-state index in [9.17, 15) is 4.79 Å². The van der Waals surface area contributed by atoms with E-state index >= 15 is 0 Å². The van der Waals surface area contributed by atoms with Gasteiger partial charge in [-0.2, -0.15) is 0 Å². The maximum absolute atomic E-state index is 13.6. The summed E-state index contributed by atoms with van der Waals surface area (Å²) in [4.78, 5) is 15.6. The van der Waals surface area contributed by atoms with Crippen LogP contribution in [0.3, 0.4) is 0 Å². The molecule has 0 bridgehead atoms. The molecule has 0 N–H and O–H groups in total. The van der Waals surface area contributed by atoms with Gasteiger partial charge in [-0.25, -0.2) is 0 Å². The number of carbonyl (C=O) groups excluding carboxylic acids is 1. The molecule has 2 aromatic rings. The Morgan fingerprint density at radius 3 is 2.33 bits per heavy atom. The van der Waals surface area contributed by atoms with Crippen LogP contribution in [0, 0.1) is 0 Å². The van der Waals surface area contributed by atoms with Crippen molar-refractivity contribution < 1.29 is 9.53 Å². The van der Waals surface area contributed by atoms with Crippen molar-refractivity contribution in [3.05, 3.63) is 71.3 Å². The number of carbonyl (C=O) groups is 1. The number of hydrogen-bond acceptors (Lipinski definition) is 2. The third-order valence-corrected chi connectivity index (χ3v) is 5.50. The summed E-state index contributed by atoms with van der Waals surface area (Å²) in [6.45, 7) is 2.85. The van der Waals surface area contributed by atoms with Crippen LogP contribution in [0.2, 0.25) is 0 Å². The minimum Gasteiger partial charge on any atom is -0.381 e. The Labute approximate surface area is 143 Å². The highest BCUT2D eigenvalue weighted by molar-refractivity contribution is 5.88. The van der Waals surface area contributed by atoms with Gasteiger partial charge < -0.3 is 9.64 Å². The Balaban J connectivity index is 1.66. The van der Waals surface area contributed by atoms with E-state index < -0.39 is 5.41 Å². The smallest absolute Gasteiger partial charge is 0.233 e. The zero-order chi connectivity index (χ0) is 16.4. The van der Waals surface area contributed by atoms with Gasteiger partial charge in [0.15, 0.2) is 0 Å². The summed E-state index contributed by atoms with van der Waals surface area (Å²) in [6, 6.07) is 18.7. The Hall–Kier alpha value is -2.13. The molecule has 124 valence electrons. The number of rotatable bonds is 2. The van der Waals surface area contributed by atoms with Crippen LogP contribution >= 0.6 is 0 Å². The van der Waals surface area contributed by atoms with Gasteiger partial charge in [0.1, 0.15) is 0 Å². The first kappa shape index (κ1) is 15.4. The predicted molar refractivity (Wildman–Crippen MR) is 93.7 cm³/mol. The van der Waals surface area contributed by atoms with Crippen molar-refractivity contribution in [1.82, 2.24) is 4.90 Å². The Kier molecular flexibility index (Phi) is 4.11. The van der Waals surface area contributed by atoms with Gasteiger partial charge in [0.05, 0.1) is 5.41 Å². The summed E-state index contributed by atoms with van der Waals surface area (Å²) in [5.74, 6) is 0.270. The molecule has 1 amide bonds. The first-order chi connectivity index (χ1) is 11.8. The van der Waals surface area contributed by atoms with E-state index in [1.54, 1.807) is 0 Å². The van der Waals surface area contributed by atoms with E-state index in [0.717, 1.165) is 37.9 Å². The fraction of sp³-hybridized carbons (Fsp3) is 0.381. The third kappa shape index (κ3) is 2.63. The van der Waals surface area contributed by atoms with Crippen molar-refractivity contribution in [1.29, 1.82) is 0 Å². The molecule has 3 nitrogen and oxygen atoms in total. The van der Waals surface area contributed by atoms with E-state index in [1.165, 1.54) is 11.1 Å². The molecule has 2 aromatic carbocycles. The molecule has 1 fully saturated rings. The van der Waals surface area contributed by atoms with E-state index in [2.05, 4.69) is 41.3 Å². The van der Waals surface area contributed by atoms with Gasteiger partial charge >= 0.3 is 0 Å². The molecular formula is C21H23NO2. The van der Waals surface area contributed by atoms with Gasteiger partial charge in [0.2, 0.25) is 5.91 Å². The third-order valence-electron chi connectivity index (χ3n) is 5.50. The molecule has 1 saturated heterocycles. The number of nitrogens with zero attached hydrogens (tertiary/aromatic N) is 1. The highest BCUT2D eigenvalue weighted by Crippen LogP contribution is 2.37. The highest BCUT2D eigenvalue weighted by atomic mass is 16.5. The topological polar surface area (TPSA) is 29.5 Å². The van der Waals surface area contributed by atoms with Gasteiger partial charge in [-0.3, -0.25) is 4.79 Å². The molecule has 2 aliphatic rings. The normalized spacial score (nSPS) is 19.6. The number of amides is 1. The SMILES string of the molecule is O=C(N1CCc2ccccc2C1)C1(c2ccccc2)CCOCC1. The molecule has 0 atom stereocenters. The quantitative estimate of drug-likeness (QED) is 0.849. The molecule has 0 aliphatic carbocycles. The average molecular weight is 321 g/mol. The number of fused-ring (bicyclic) bond motifs is 1. The molecule has 0 aromatic heterocycles. The summed E-state index contributed by atoms with van der Waals surface area (Å²) >= 11 is 0. The van der Waals surface area contributed by atoms with E-state index in [1.807, 2.05) is 18.2 Å². The van der Waals surface area contributed by atoms with Crippen molar-refractivity contribution in [3.63, 3.8) is 0 Å². The zero-order valence-electron chi connectivity index (χ0n) is 13.9. The van der Waals surface area contributed by atoms with Gasteiger partial charge in [-0.05, 0) is 36.0 Å². The average Bonchev–Trinajstić information content (AvgIpc) is 2.68. The van der Waals surface area contributed by atoms with Gasteiger partial charge in [0.25, 0.3) is 0 Å². The maximum atomic E-state index is 13.6. The molecule has 0 radical (unpaired) electrons. The van der Waals surface area contributed by atoms with Crippen molar-refractivity contribution >= 4 is 5.91 Å². The number of hydrogen-bond donors (Lipinski definition) is 0. The first-order valence-corrected chi connectivity index (χ1v) is 8.79. The largest absolute Gasteiger partial charge is 0.381 e. The van der Waals surface area contributed by atoms with E-state index in [4.69, 9.17) is 4.74 Å². The lowest BCUT2D eigenvalue weighted by atomic mass is 9.72. The molecular weight excluding hydrogens is 298 g/mol. The van der Waals surface area contributed by atoms with Crippen LogP contribution in [0.4, 0.5) is 0 Å². The molecule has 0 spiro atoms. The van der Waals surface area contributed by atoms with Crippen molar-refractivity contribution in [3.8, 4) is 0 Å². The van der Waals surface area contributed by atoms with Crippen LogP contribution in [-0.4, -0.2) is 30.6 Å². The minimum atomic E-state index is -0.425. The van der Waals surface area contributed by atoms with Crippen LogP contribution < -0.4 is 0 Å². The maximum Gasteiger partial charge on any atom is 0.233 e. The van der Waals surface area contributed by atoms with Crippen LogP contribution in [0.5, 0.6) is 0 Å². The predicted octanol–water partition coefficient (Wildman–Crippen LogP) is 3.32. The highest BCUT2D eigenvalue weighted by Gasteiger charge is 2.44. The second-order valence-corrected chi connectivity index (χ2v) is 6.81. The summed E-state index contributed by atoms with van der Waals surface area (Å²) < 4.78 is 5.57. The molecule has 2 aliphatic heterocycles. The van der Waals surface area contributed by atoms with Crippen molar-refractivity contribution in [2.75, 3.05) is 19.8 Å². The van der Waals surface area contributed by atoms with Crippen LogP contribution in [-0.2, 0) is 27.9 Å². The lowest BCUT2D eigenvalue weighted by molar-refractivity contribution is -0.142. The van der Waals surface area contributed by atoms with E-state index in [0.29, 0.717) is 13.2 Å². The van der Waals surface area contributed by atoms with Gasteiger partial charge in [-0.1, -0.05) is 54.6 Å². The summed E-state index contributed by atoms with van der Waals surface area (Å²) in [5.41, 5.74) is 3.37. The van der Waals surface area contributed by atoms with Crippen molar-refractivity contribution in [2.45, 2.75) is 31.2 Å². The molecule has 4 rings (SSSR count). The van der Waals surface area contributed by atoms with Crippen LogP contribution in [0.25, 0.3) is 0 Å². The summed E-state index contributed by atoms with van der Waals surface area (Å²) in [6.07, 6.45) is 2.49. The number of ether oxygens (including phenoxy) is 1. The van der Waals surface area contributed by atoms with E-state index in [-0.39, 0.29) is 5.91 Å². The van der Waals surface area contributed by atoms with Gasteiger partial charge in [0, 0.05) is 26.3 Å². The first-order valence-electron chi connectivity index (χ1n) is 8.79. The summed E-state index contributed by atoms with van der Waals surface area (Å²) in [5, 5.41) is 0. The second-order valence-electron chi connectivity index (χ2n) is 6.81. The molecule has 24 heavy (non-hydrogen) atoms. The minimum absolute atomic E-state index is 0.270. The van der Waals surface area contributed by atoms with Gasteiger partial charge in [-0.15, -0.1) is 0 Å². The fourth-order valence-corrected chi connectivity index (χ4v) is 4.07. The molecule has 0 saturated carbocycles. The van der Waals surface area contributed by atoms with Crippen molar-refractivity contribution in [2.24, 2.45) is 0 Å². The monoisotopic (exact) mass is 321 g/mol. The number of benzene rings is 2. The van der Waals surface area contributed by atoms with Crippen LogP contribution in [0.15, 0.2) is 54.6 Å². The lowest BCUT2D eigenvalue weighted by Gasteiger charge is -2.41. The Bertz CT molecular complexity index is 720. The second kappa shape index (κ2) is 6.40. The summed E-state index contributed by atoms with van der Waals surface area (Å²) in [7, 11) is 0. The standard InChI is InChI=1S/C21H23NO2/c23-20(22-13-10-17-6-4-5-7-18(17)16-22)21(11-14-24-15-12-21)19-8-2-1-3-9-19/h1-9H,10-16H2. The zero-order valence-corrected chi connectivity index (χ0v) is 13.9. The molecule has 3 heteroatoms. The molecule has 0 unspecified atom stereocenters.